The molecule has 1 amide bonds. The number of nitrogens with one attached hydrogen (secondary N) is 1. The molecular formula is C17H14F4N2O4. The Bertz CT molecular complexity index is 770. The van der Waals surface area contributed by atoms with Crippen LogP contribution in [0.15, 0.2) is 53.7 Å². The van der Waals surface area contributed by atoms with Crippen LogP contribution in [-0.4, -0.2) is 32.0 Å². The normalized spacial score (nSPS) is 11.0. The number of hydrogen-bond donors (Lipinski definition) is 1. The van der Waals surface area contributed by atoms with E-state index in [2.05, 4.69) is 19.9 Å². The standard InChI is InChI=1S/C17H14F4N2O4/c18-16(19)26-13-7-5-12(6-8-13)23-15(24)10-25-22-9-11-3-1-2-4-14(11)27-17(20)21/h1-9,16-17H,10H2,(H,23,24)/b22-9-. The van der Waals surface area contributed by atoms with Gasteiger partial charge in [-0.15, -0.1) is 0 Å². The van der Waals surface area contributed by atoms with Crippen molar-refractivity contribution in [1.82, 2.24) is 0 Å². The van der Waals surface area contributed by atoms with Gasteiger partial charge in [0.1, 0.15) is 11.5 Å². The molecule has 0 aliphatic carbocycles. The van der Waals surface area contributed by atoms with Crippen molar-refractivity contribution in [3.05, 3.63) is 54.1 Å². The van der Waals surface area contributed by atoms with Crippen LogP contribution in [0.5, 0.6) is 11.5 Å². The van der Waals surface area contributed by atoms with E-state index >= 15 is 0 Å². The Labute approximate surface area is 151 Å². The zero-order valence-electron chi connectivity index (χ0n) is 13.7. The van der Waals surface area contributed by atoms with E-state index in [1.807, 2.05) is 0 Å². The first-order chi connectivity index (χ1) is 12.9. The summed E-state index contributed by atoms with van der Waals surface area (Å²) in [6.07, 6.45) is 1.13. The molecule has 1 N–H and O–H groups in total. The van der Waals surface area contributed by atoms with Gasteiger partial charge in [0.05, 0.1) is 6.21 Å². The van der Waals surface area contributed by atoms with Crippen LogP contribution < -0.4 is 14.8 Å². The van der Waals surface area contributed by atoms with E-state index in [-0.39, 0.29) is 17.1 Å². The van der Waals surface area contributed by atoms with Crippen molar-refractivity contribution >= 4 is 17.8 Å². The van der Waals surface area contributed by atoms with Crippen LogP contribution in [0.4, 0.5) is 23.2 Å². The van der Waals surface area contributed by atoms with Crippen molar-refractivity contribution < 1.29 is 36.7 Å². The number of hydrogen-bond acceptors (Lipinski definition) is 5. The fourth-order valence-electron chi connectivity index (χ4n) is 1.90. The summed E-state index contributed by atoms with van der Waals surface area (Å²) in [5, 5.41) is 5.98. The van der Waals surface area contributed by atoms with Crippen LogP contribution in [0.2, 0.25) is 0 Å². The SMILES string of the molecule is O=C(CO/N=C\c1ccccc1OC(F)F)Nc1ccc(OC(F)F)cc1. The number of oxime groups is 1. The molecule has 6 nitrogen and oxygen atoms in total. The number of ether oxygens (including phenoxy) is 2. The van der Waals surface area contributed by atoms with Crippen molar-refractivity contribution in [3.8, 4) is 11.5 Å². The number of nitrogens with zero attached hydrogens (tertiary/aromatic N) is 1. The molecule has 2 rings (SSSR count). The molecule has 0 atom stereocenters. The fraction of sp³-hybridized carbons (Fsp3) is 0.176. The summed E-state index contributed by atoms with van der Waals surface area (Å²) in [6.45, 7) is -6.37. The molecule has 27 heavy (non-hydrogen) atoms. The number of anilines is 1. The van der Waals surface area contributed by atoms with Gasteiger partial charge in [0.2, 0.25) is 0 Å². The Morgan fingerprint density at radius 2 is 1.67 bits per heavy atom. The van der Waals surface area contributed by atoms with Gasteiger partial charge in [-0.2, -0.15) is 17.6 Å². The van der Waals surface area contributed by atoms with E-state index in [1.165, 1.54) is 42.5 Å². The minimum atomic E-state index is -2.98. The van der Waals surface area contributed by atoms with E-state index in [9.17, 15) is 22.4 Å². The second-order valence-corrected chi connectivity index (χ2v) is 4.88. The number of rotatable bonds is 9. The predicted molar refractivity (Wildman–Crippen MR) is 88.3 cm³/mol. The Morgan fingerprint density at radius 3 is 2.33 bits per heavy atom. The molecule has 0 aromatic heterocycles. The monoisotopic (exact) mass is 386 g/mol. The van der Waals surface area contributed by atoms with Crippen molar-refractivity contribution in [2.24, 2.45) is 5.16 Å². The van der Waals surface area contributed by atoms with Crippen LogP contribution in [0.3, 0.4) is 0 Å². The summed E-state index contributed by atoms with van der Waals surface area (Å²) in [6, 6.07) is 11.2. The number of amides is 1. The van der Waals surface area contributed by atoms with E-state index < -0.39 is 25.7 Å². The predicted octanol–water partition coefficient (Wildman–Crippen LogP) is 3.88. The lowest BCUT2D eigenvalue weighted by Crippen LogP contribution is -2.17. The molecule has 0 spiro atoms. The molecule has 0 saturated carbocycles. The third-order valence-electron chi connectivity index (χ3n) is 2.96. The average molecular weight is 386 g/mol. The Balaban J connectivity index is 1.81. The van der Waals surface area contributed by atoms with Gasteiger partial charge >= 0.3 is 13.2 Å². The second-order valence-electron chi connectivity index (χ2n) is 4.88. The Morgan fingerprint density at radius 1 is 1.00 bits per heavy atom. The van der Waals surface area contributed by atoms with Crippen LogP contribution in [0.25, 0.3) is 0 Å². The Kier molecular flexibility index (Phi) is 7.41. The summed E-state index contributed by atoms with van der Waals surface area (Å²) in [5.74, 6) is -0.698. The van der Waals surface area contributed by atoms with Crippen LogP contribution >= 0.6 is 0 Å². The van der Waals surface area contributed by atoms with Gasteiger partial charge in [0.25, 0.3) is 5.91 Å². The average Bonchev–Trinajstić information content (AvgIpc) is 2.61. The highest BCUT2D eigenvalue weighted by Gasteiger charge is 2.08. The van der Waals surface area contributed by atoms with Gasteiger partial charge in [-0.1, -0.05) is 17.3 Å². The molecule has 2 aromatic carbocycles. The molecular weight excluding hydrogens is 372 g/mol. The highest BCUT2D eigenvalue weighted by Crippen LogP contribution is 2.19. The lowest BCUT2D eigenvalue weighted by Gasteiger charge is -2.07. The molecule has 0 aliphatic heterocycles. The van der Waals surface area contributed by atoms with Gasteiger partial charge < -0.3 is 19.6 Å². The quantitative estimate of drug-likeness (QED) is 0.404. The molecule has 0 aliphatic rings. The third-order valence-corrected chi connectivity index (χ3v) is 2.96. The summed E-state index contributed by atoms with van der Waals surface area (Å²) < 4.78 is 57.2. The van der Waals surface area contributed by atoms with E-state index in [0.717, 1.165) is 6.21 Å². The molecule has 0 radical (unpaired) electrons. The smallest absolute Gasteiger partial charge is 0.387 e. The van der Waals surface area contributed by atoms with Crippen molar-refractivity contribution in [2.75, 3.05) is 11.9 Å². The minimum absolute atomic E-state index is 0.0477. The number of benzene rings is 2. The van der Waals surface area contributed by atoms with E-state index in [0.29, 0.717) is 5.69 Å². The second kappa shape index (κ2) is 10.00. The maximum absolute atomic E-state index is 12.3. The van der Waals surface area contributed by atoms with Crippen LogP contribution in [0, 0.1) is 0 Å². The fourth-order valence-corrected chi connectivity index (χ4v) is 1.90. The zero-order valence-corrected chi connectivity index (χ0v) is 13.7. The summed E-state index contributed by atoms with van der Waals surface area (Å²) in [7, 11) is 0. The largest absolute Gasteiger partial charge is 0.435 e. The molecule has 0 fully saturated rings. The molecule has 0 saturated heterocycles. The van der Waals surface area contributed by atoms with Gasteiger partial charge in [0, 0.05) is 11.3 Å². The van der Waals surface area contributed by atoms with Crippen LogP contribution in [0.1, 0.15) is 5.56 Å². The maximum atomic E-state index is 12.3. The number of alkyl halides is 4. The highest BCUT2D eigenvalue weighted by atomic mass is 19.3. The molecule has 2 aromatic rings. The lowest BCUT2D eigenvalue weighted by atomic mass is 10.2. The van der Waals surface area contributed by atoms with Crippen molar-refractivity contribution in [3.63, 3.8) is 0 Å². The summed E-state index contributed by atoms with van der Waals surface area (Å²) >= 11 is 0. The highest BCUT2D eigenvalue weighted by molar-refractivity contribution is 5.91. The third kappa shape index (κ3) is 7.22. The maximum Gasteiger partial charge on any atom is 0.387 e. The number of carbonyl (C=O) groups is 1. The van der Waals surface area contributed by atoms with Gasteiger partial charge in [-0.25, -0.2) is 0 Å². The minimum Gasteiger partial charge on any atom is -0.435 e. The number of para-hydroxylation sites is 1. The first-order valence-corrected chi connectivity index (χ1v) is 7.48. The van der Waals surface area contributed by atoms with Gasteiger partial charge in [-0.05, 0) is 36.4 Å². The van der Waals surface area contributed by atoms with Gasteiger partial charge in [-0.3, -0.25) is 4.79 Å². The lowest BCUT2D eigenvalue weighted by molar-refractivity contribution is -0.120. The molecule has 0 unspecified atom stereocenters. The summed E-state index contributed by atoms with van der Waals surface area (Å²) in [5.41, 5.74) is 0.581. The summed E-state index contributed by atoms with van der Waals surface area (Å²) in [4.78, 5) is 16.5. The molecule has 0 heterocycles. The first-order valence-electron chi connectivity index (χ1n) is 7.48. The molecule has 144 valence electrons. The zero-order chi connectivity index (χ0) is 19.6. The Hall–Kier alpha value is -3.30. The topological polar surface area (TPSA) is 69.2 Å². The van der Waals surface area contributed by atoms with Crippen molar-refractivity contribution in [1.29, 1.82) is 0 Å². The first kappa shape index (κ1) is 20.0. The van der Waals surface area contributed by atoms with Crippen molar-refractivity contribution in [2.45, 2.75) is 13.2 Å². The van der Waals surface area contributed by atoms with Crippen LogP contribution in [-0.2, 0) is 9.63 Å². The van der Waals surface area contributed by atoms with Gasteiger partial charge in [0.15, 0.2) is 6.61 Å². The number of halogens is 4. The number of carbonyl (C=O) groups excluding carboxylic acids is 1. The van der Waals surface area contributed by atoms with E-state index in [1.54, 1.807) is 6.07 Å². The molecule has 0 bridgehead atoms. The van der Waals surface area contributed by atoms with E-state index in [4.69, 9.17) is 4.84 Å². The molecule has 10 heteroatoms.